The zero-order valence-corrected chi connectivity index (χ0v) is 31.2. The van der Waals surface area contributed by atoms with Gasteiger partial charge in [0.25, 0.3) is 0 Å². The van der Waals surface area contributed by atoms with E-state index in [1.807, 2.05) is 18.2 Å². The lowest BCUT2D eigenvalue weighted by molar-refractivity contribution is 0.669. The maximum atomic E-state index is 6.83. The lowest BCUT2D eigenvalue weighted by Gasteiger charge is -2.25. The molecule has 0 aliphatic rings. The summed E-state index contributed by atoms with van der Waals surface area (Å²) in [6.07, 6.45) is 0. The highest BCUT2D eigenvalue weighted by Crippen LogP contribution is 2.46. The van der Waals surface area contributed by atoms with Gasteiger partial charge in [0.1, 0.15) is 33.5 Å². The molecule has 9 aromatic carbocycles. The van der Waals surface area contributed by atoms with Crippen molar-refractivity contribution in [1.82, 2.24) is 0 Å². The number of rotatable bonds is 6. The Hall–Kier alpha value is -7.82. The van der Waals surface area contributed by atoms with E-state index in [-0.39, 0.29) is 0 Å². The van der Waals surface area contributed by atoms with Crippen molar-refractivity contribution < 1.29 is 13.3 Å². The minimum Gasteiger partial charge on any atom is -0.456 e. The predicted molar refractivity (Wildman–Crippen MR) is 239 cm³/mol. The van der Waals surface area contributed by atoms with Crippen molar-refractivity contribution in [3.63, 3.8) is 0 Å². The average molecular weight is 744 g/mol. The lowest BCUT2D eigenvalue weighted by Crippen LogP contribution is -2.09. The van der Waals surface area contributed by atoms with Crippen LogP contribution in [-0.4, -0.2) is 0 Å². The van der Waals surface area contributed by atoms with Crippen LogP contribution in [0.5, 0.6) is 0 Å². The van der Waals surface area contributed by atoms with Crippen molar-refractivity contribution in [1.29, 1.82) is 0 Å². The van der Waals surface area contributed by atoms with Crippen LogP contribution in [0.15, 0.2) is 213 Å². The molecule has 0 saturated heterocycles. The molecule has 4 nitrogen and oxygen atoms in total. The molecule has 0 N–H and O–H groups in total. The molecule has 0 saturated carbocycles. The third kappa shape index (κ3) is 5.02. The van der Waals surface area contributed by atoms with E-state index in [1.54, 1.807) is 0 Å². The van der Waals surface area contributed by atoms with E-state index < -0.39 is 0 Å². The Bertz CT molecular complexity index is 3500. The first-order valence-electron chi connectivity index (χ1n) is 19.6. The monoisotopic (exact) mass is 743 g/mol. The summed E-state index contributed by atoms with van der Waals surface area (Å²) in [7, 11) is 0. The van der Waals surface area contributed by atoms with Crippen molar-refractivity contribution in [2.45, 2.75) is 0 Å². The van der Waals surface area contributed by atoms with Crippen LogP contribution in [-0.2, 0) is 0 Å². The molecule has 0 aliphatic carbocycles. The molecule has 58 heavy (non-hydrogen) atoms. The van der Waals surface area contributed by atoms with Crippen molar-refractivity contribution in [2.75, 3.05) is 4.90 Å². The normalized spacial score (nSPS) is 11.8. The minimum atomic E-state index is 0.819. The molecule has 0 aliphatic heterocycles. The van der Waals surface area contributed by atoms with Gasteiger partial charge in [0, 0.05) is 66.6 Å². The Balaban J connectivity index is 1.00. The number of benzene rings is 9. The van der Waals surface area contributed by atoms with Crippen LogP contribution in [0.4, 0.5) is 17.1 Å². The van der Waals surface area contributed by atoms with Crippen LogP contribution in [0.2, 0.25) is 0 Å². The summed E-state index contributed by atoms with van der Waals surface area (Å²) in [5, 5.41) is 6.45. The topological polar surface area (TPSA) is 42.7 Å². The van der Waals surface area contributed by atoms with Gasteiger partial charge in [-0.15, -0.1) is 0 Å². The van der Waals surface area contributed by atoms with Gasteiger partial charge in [-0.1, -0.05) is 140 Å². The van der Waals surface area contributed by atoms with Crippen molar-refractivity contribution >= 4 is 82.9 Å². The predicted octanol–water partition coefficient (Wildman–Crippen LogP) is 15.9. The first kappa shape index (κ1) is 32.4. The average Bonchev–Trinajstić information content (AvgIpc) is 3.99. The van der Waals surface area contributed by atoms with E-state index in [2.05, 4.69) is 187 Å². The van der Waals surface area contributed by atoms with Crippen molar-refractivity contribution in [2.24, 2.45) is 0 Å². The van der Waals surface area contributed by atoms with Crippen molar-refractivity contribution in [3.8, 4) is 33.4 Å². The van der Waals surface area contributed by atoms with Gasteiger partial charge in [0.15, 0.2) is 0 Å². The van der Waals surface area contributed by atoms with E-state index in [9.17, 15) is 0 Å². The third-order valence-electron chi connectivity index (χ3n) is 11.5. The fourth-order valence-corrected chi connectivity index (χ4v) is 8.88. The van der Waals surface area contributed by atoms with E-state index in [1.165, 1.54) is 11.1 Å². The molecule has 0 spiro atoms. The Morgan fingerprint density at radius 1 is 0.276 bits per heavy atom. The number of para-hydroxylation sites is 4. The molecule has 3 heterocycles. The zero-order chi connectivity index (χ0) is 38.2. The fourth-order valence-electron chi connectivity index (χ4n) is 8.88. The Morgan fingerprint density at radius 3 is 1.53 bits per heavy atom. The molecule has 3 aromatic heterocycles. The smallest absolute Gasteiger partial charge is 0.143 e. The van der Waals surface area contributed by atoms with Crippen LogP contribution in [0.25, 0.3) is 99.2 Å². The first-order chi connectivity index (χ1) is 28.8. The van der Waals surface area contributed by atoms with Crippen LogP contribution < -0.4 is 4.90 Å². The quantitative estimate of drug-likeness (QED) is 0.170. The Labute approximate surface area is 333 Å². The molecule has 272 valence electrons. The SMILES string of the molecule is c1ccc(-c2ccc(N(c3ccccc3)c3ccc4c(c3)oc3cccc(-c5cccc6c5oc5cccc(-c7cccc8c7oc7ccccc78)c56)c34)cc2)cc1. The van der Waals surface area contributed by atoms with Gasteiger partial charge in [0.05, 0.1) is 0 Å². The van der Waals surface area contributed by atoms with Crippen LogP contribution in [0, 0.1) is 0 Å². The maximum Gasteiger partial charge on any atom is 0.143 e. The standard InChI is InChI=1S/C54H33NO3/c1-3-13-34(14-4-1)35-27-29-37(30-28-35)55(36-15-5-2-6-16-36)38-31-32-45-50(33-38)56-48-25-11-18-40(51(45)48)44-22-10-23-46-52-41(19-12-26-49(52)58-54(44)46)43-21-9-20-42-39-17-7-8-24-47(39)57-53(42)43/h1-33H. The Morgan fingerprint density at radius 2 is 0.776 bits per heavy atom. The van der Waals surface area contributed by atoms with Gasteiger partial charge in [-0.3, -0.25) is 0 Å². The van der Waals surface area contributed by atoms with E-state index in [0.717, 1.165) is 105 Å². The van der Waals surface area contributed by atoms with Gasteiger partial charge < -0.3 is 18.2 Å². The summed E-state index contributed by atoms with van der Waals surface area (Å²) >= 11 is 0. The second kappa shape index (κ2) is 12.9. The molecule has 0 amide bonds. The maximum absolute atomic E-state index is 6.83. The molecule has 4 heteroatoms. The number of anilines is 3. The summed E-state index contributed by atoms with van der Waals surface area (Å²) in [4.78, 5) is 2.28. The molecular formula is C54H33NO3. The van der Waals surface area contributed by atoms with Gasteiger partial charge >= 0.3 is 0 Å². The summed E-state index contributed by atoms with van der Waals surface area (Å²) in [5.74, 6) is 0. The number of hydrogen-bond donors (Lipinski definition) is 0. The van der Waals surface area contributed by atoms with Crippen molar-refractivity contribution in [3.05, 3.63) is 200 Å². The summed E-state index contributed by atoms with van der Waals surface area (Å²) in [5.41, 5.74) is 14.8. The number of furan rings is 3. The number of nitrogens with zero attached hydrogens (tertiary/aromatic N) is 1. The summed E-state index contributed by atoms with van der Waals surface area (Å²) in [6.45, 7) is 0. The highest BCUT2D eigenvalue weighted by Gasteiger charge is 2.22. The number of fused-ring (bicyclic) bond motifs is 9. The van der Waals surface area contributed by atoms with Gasteiger partial charge in [-0.2, -0.15) is 0 Å². The molecule has 0 bridgehead atoms. The highest BCUT2D eigenvalue weighted by atomic mass is 16.3. The summed E-state index contributed by atoms with van der Waals surface area (Å²) < 4.78 is 20.0. The first-order valence-corrected chi connectivity index (χ1v) is 19.6. The van der Waals surface area contributed by atoms with Crippen LogP contribution in [0.1, 0.15) is 0 Å². The number of hydrogen-bond acceptors (Lipinski definition) is 4. The second-order valence-corrected chi connectivity index (χ2v) is 14.8. The van der Waals surface area contributed by atoms with E-state index >= 15 is 0 Å². The van der Waals surface area contributed by atoms with Gasteiger partial charge in [-0.05, 0) is 76.9 Å². The van der Waals surface area contributed by atoms with Crippen LogP contribution >= 0.6 is 0 Å². The molecule has 0 unspecified atom stereocenters. The Kier molecular flexibility index (Phi) is 7.20. The molecule has 0 atom stereocenters. The minimum absolute atomic E-state index is 0.819. The van der Waals surface area contributed by atoms with Crippen LogP contribution in [0.3, 0.4) is 0 Å². The molecule has 12 aromatic rings. The second-order valence-electron chi connectivity index (χ2n) is 14.8. The van der Waals surface area contributed by atoms with E-state index in [4.69, 9.17) is 13.3 Å². The van der Waals surface area contributed by atoms with Gasteiger partial charge in [0.2, 0.25) is 0 Å². The molecule has 0 radical (unpaired) electrons. The van der Waals surface area contributed by atoms with E-state index in [0.29, 0.717) is 0 Å². The third-order valence-corrected chi connectivity index (χ3v) is 11.5. The molecule has 0 fully saturated rings. The highest BCUT2D eigenvalue weighted by molar-refractivity contribution is 6.21. The van der Waals surface area contributed by atoms with Gasteiger partial charge in [-0.25, -0.2) is 0 Å². The largest absolute Gasteiger partial charge is 0.456 e. The molecule has 12 rings (SSSR count). The summed E-state index contributed by atoms with van der Waals surface area (Å²) in [6, 6.07) is 69.9. The fraction of sp³-hybridized carbons (Fsp3) is 0. The lowest BCUT2D eigenvalue weighted by atomic mass is 9.95. The molecular weight excluding hydrogens is 711 g/mol. The zero-order valence-electron chi connectivity index (χ0n) is 31.2.